The highest BCUT2D eigenvalue weighted by Crippen LogP contribution is 2.16. The van der Waals surface area contributed by atoms with Crippen LogP contribution in [0.25, 0.3) is 10.8 Å². The Bertz CT molecular complexity index is 825. The van der Waals surface area contributed by atoms with Crippen LogP contribution in [0, 0.1) is 5.92 Å². The smallest absolute Gasteiger partial charge is 0.426 e. The van der Waals surface area contributed by atoms with Gasteiger partial charge < -0.3 is 25.8 Å². The van der Waals surface area contributed by atoms with Crippen LogP contribution < -0.4 is 10.6 Å². The Labute approximate surface area is 164 Å². The normalized spacial score (nSPS) is 14.4. The number of rotatable bonds is 8. The van der Waals surface area contributed by atoms with Crippen LogP contribution in [-0.4, -0.2) is 52.2 Å². The van der Waals surface area contributed by atoms with Crippen molar-refractivity contribution in [2.24, 2.45) is 5.92 Å². The topological polar surface area (TPSA) is 119 Å². The summed E-state index contributed by atoms with van der Waals surface area (Å²) in [5, 5.41) is 35.8. The molecule has 2 rings (SSSR count). The van der Waals surface area contributed by atoms with Gasteiger partial charge in [-0.1, -0.05) is 44.2 Å². The number of carbonyl (C=O) groups excluding carboxylic acids is 2. The van der Waals surface area contributed by atoms with E-state index in [2.05, 4.69) is 10.6 Å². The minimum absolute atomic E-state index is 0.115. The second kappa shape index (κ2) is 9.68. The van der Waals surface area contributed by atoms with Gasteiger partial charge in [-0.25, -0.2) is 0 Å². The molecule has 2 aromatic carbocycles. The van der Waals surface area contributed by atoms with E-state index in [0.717, 1.165) is 10.8 Å². The van der Waals surface area contributed by atoms with Crippen molar-refractivity contribution in [1.82, 2.24) is 10.6 Å². The molecule has 0 fully saturated rings. The van der Waals surface area contributed by atoms with Gasteiger partial charge in [-0.05, 0) is 42.2 Å². The number of carbonyl (C=O) groups is 2. The fourth-order valence-corrected chi connectivity index (χ4v) is 3.00. The van der Waals surface area contributed by atoms with Crippen molar-refractivity contribution in [2.45, 2.75) is 45.3 Å². The highest BCUT2D eigenvalue weighted by Gasteiger charge is 2.32. The molecule has 3 atom stereocenters. The number of hydrogen-bond donors (Lipinski definition) is 5. The highest BCUT2D eigenvalue weighted by molar-refractivity contribution is 6.43. The summed E-state index contributed by atoms with van der Waals surface area (Å²) in [6.45, 7) is 5.15. The number of fused-ring (bicyclic) bond motifs is 1. The number of aliphatic hydroxyl groups is 1. The van der Waals surface area contributed by atoms with Gasteiger partial charge in [0.05, 0.1) is 12.0 Å². The zero-order chi connectivity index (χ0) is 20.8. The van der Waals surface area contributed by atoms with Crippen LogP contribution in [0.3, 0.4) is 0 Å². The molecule has 0 saturated heterocycles. The molecule has 5 N–H and O–H groups in total. The quantitative estimate of drug-likeness (QED) is 0.431. The Morgan fingerprint density at radius 3 is 2.21 bits per heavy atom. The van der Waals surface area contributed by atoms with Gasteiger partial charge in [0.15, 0.2) is 0 Å². The van der Waals surface area contributed by atoms with Gasteiger partial charge >= 0.3 is 7.12 Å². The largest absolute Gasteiger partial charge is 0.475 e. The van der Waals surface area contributed by atoms with Crippen LogP contribution in [0.4, 0.5) is 0 Å². The van der Waals surface area contributed by atoms with Crippen molar-refractivity contribution in [2.75, 3.05) is 0 Å². The molecular formula is C20H27BN2O5. The first-order valence-corrected chi connectivity index (χ1v) is 9.33. The molecule has 8 heteroatoms. The maximum absolute atomic E-state index is 12.6. The highest BCUT2D eigenvalue weighted by atomic mass is 16.4. The summed E-state index contributed by atoms with van der Waals surface area (Å²) < 4.78 is 0. The van der Waals surface area contributed by atoms with E-state index < -0.39 is 37.0 Å². The standard InChI is InChI=1S/C20H27BN2O5/c1-12(2)10-17(21(27)28)22-20(26)18(13(3)24)23-19(25)16-9-8-14-6-4-5-7-15(14)11-16/h4-9,11-13,17-18,24,27-28H,10H2,1-3H3,(H,22,26)(H,23,25). The van der Waals surface area contributed by atoms with Crippen LogP contribution >= 0.6 is 0 Å². The van der Waals surface area contributed by atoms with E-state index in [1.54, 1.807) is 12.1 Å². The van der Waals surface area contributed by atoms with Crippen molar-refractivity contribution >= 4 is 29.7 Å². The SMILES string of the molecule is CC(C)CC(NC(=O)C(NC(=O)c1ccc2ccccc2c1)C(C)O)B(O)O. The fraction of sp³-hybridized carbons (Fsp3) is 0.400. The van der Waals surface area contributed by atoms with Crippen LogP contribution in [0.2, 0.25) is 0 Å². The van der Waals surface area contributed by atoms with Gasteiger partial charge in [-0.2, -0.15) is 0 Å². The second-order valence-electron chi connectivity index (χ2n) is 7.41. The van der Waals surface area contributed by atoms with E-state index in [0.29, 0.717) is 12.0 Å². The first kappa shape index (κ1) is 21.9. The van der Waals surface area contributed by atoms with Crippen LogP contribution in [-0.2, 0) is 4.79 Å². The van der Waals surface area contributed by atoms with Gasteiger partial charge in [0.2, 0.25) is 5.91 Å². The van der Waals surface area contributed by atoms with Crippen molar-refractivity contribution < 1.29 is 24.7 Å². The lowest BCUT2D eigenvalue weighted by Crippen LogP contribution is -2.57. The average Bonchev–Trinajstić information content (AvgIpc) is 2.64. The molecule has 0 bridgehead atoms. The van der Waals surface area contributed by atoms with Gasteiger partial charge in [-0.3, -0.25) is 9.59 Å². The lowest BCUT2D eigenvalue weighted by molar-refractivity contribution is -0.125. The summed E-state index contributed by atoms with van der Waals surface area (Å²) in [7, 11) is -1.74. The fourth-order valence-electron chi connectivity index (χ4n) is 3.00. The van der Waals surface area contributed by atoms with E-state index in [1.807, 2.05) is 44.2 Å². The summed E-state index contributed by atoms with van der Waals surface area (Å²) in [5.74, 6) is -1.96. The molecule has 2 amide bonds. The van der Waals surface area contributed by atoms with Crippen LogP contribution in [0.5, 0.6) is 0 Å². The first-order valence-electron chi connectivity index (χ1n) is 9.33. The zero-order valence-corrected chi connectivity index (χ0v) is 16.3. The molecule has 0 aliphatic rings. The van der Waals surface area contributed by atoms with Crippen LogP contribution in [0.1, 0.15) is 37.6 Å². The van der Waals surface area contributed by atoms with Gasteiger partial charge in [0.25, 0.3) is 5.91 Å². The Morgan fingerprint density at radius 2 is 1.64 bits per heavy atom. The maximum atomic E-state index is 12.6. The molecule has 0 aliphatic heterocycles. The summed E-state index contributed by atoms with van der Waals surface area (Å²) >= 11 is 0. The first-order chi connectivity index (χ1) is 13.2. The summed E-state index contributed by atoms with van der Waals surface area (Å²) in [4.78, 5) is 25.2. The Kier molecular flexibility index (Phi) is 7.56. The Balaban J connectivity index is 2.13. The molecule has 0 aliphatic carbocycles. The molecule has 0 heterocycles. The maximum Gasteiger partial charge on any atom is 0.475 e. The monoisotopic (exact) mass is 386 g/mol. The van der Waals surface area contributed by atoms with Crippen molar-refractivity contribution in [3.63, 3.8) is 0 Å². The van der Waals surface area contributed by atoms with E-state index >= 15 is 0 Å². The van der Waals surface area contributed by atoms with Gasteiger partial charge in [0.1, 0.15) is 6.04 Å². The van der Waals surface area contributed by atoms with Crippen molar-refractivity contribution in [1.29, 1.82) is 0 Å². The average molecular weight is 386 g/mol. The minimum Gasteiger partial charge on any atom is -0.426 e. The molecule has 0 radical (unpaired) electrons. The van der Waals surface area contributed by atoms with Crippen molar-refractivity contribution in [3.8, 4) is 0 Å². The summed E-state index contributed by atoms with van der Waals surface area (Å²) in [6, 6.07) is 11.5. The van der Waals surface area contributed by atoms with Crippen molar-refractivity contribution in [3.05, 3.63) is 48.0 Å². The molecular weight excluding hydrogens is 359 g/mol. The molecule has 3 unspecified atom stereocenters. The molecule has 0 saturated carbocycles. The molecule has 2 aromatic rings. The number of amides is 2. The summed E-state index contributed by atoms with van der Waals surface area (Å²) in [5.41, 5.74) is 0.359. The zero-order valence-electron chi connectivity index (χ0n) is 16.3. The predicted molar refractivity (Wildman–Crippen MR) is 108 cm³/mol. The summed E-state index contributed by atoms with van der Waals surface area (Å²) in [6.07, 6.45) is -0.825. The lowest BCUT2D eigenvalue weighted by atomic mass is 9.75. The number of benzene rings is 2. The van der Waals surface area contributed by atoms with E-state index in [-0.39, 0.29) is 5.92 Å². The third-order valence-electron chi connectivity index (χ3n) is 4.48. The van der Waals surface area contributed by atoms with Gasteiger partial charge in [0, 0.05) is 5.56 Å². The molecule has 28 heavy (non-hydrogen) atoms. The molecule has 0 aromatic heterocycles. The second-order valence-corrected chi connectivity index (χ2v) is 7.41. The minimum atomic E-state index is -1.74. The molecule has 0 spiro atoms. The predicted octanol–water partition coefficient (Wildman–Crippen LogP) is 0.862. The van der Waals surface area contributed by atoms with E-state index in [9.17, 15) is 24.7 Å². The number of hydrogen-bond acceptors (Lipinski definition) is 5. The lowest BCUT2D eigenvalue weighted by Gasteiger charge is -2.25. The van der Waals surface area contributed by atoms with Crippen LogP contribution in [0.15, 0.2) is 42.5 Å². The number of nitrogens with one attached hydrogen (secondary N) is 2. The Morgan fingerprint density at radius 1 is 1.00 bits per heavy atom. The third kappa shape index (κ3) is 5.79. The molecule has 7 nitrogen and oxygen atoms in total. The van der Waals surface area contributed by atoms with E-state index in [4.69, 9.17) is 0 Å². The van der Waals surface area contributed by atoms with Gasteiger partial charge in [-0.15, -0.1) is 0 Å². The van der Waals surface area contributed by atoms with E-state index in [1.165, 1.54) is 6.92 Å². The third-order valence-corrected chi connectivity index (χ3v) is 4.48. The number of aliphatic hydroxyl groups excluding tert-OH is 1. The Hall–Kier alpha value is -2.42. The molecule has 150 valence electrons.